The summed E-state index contributed by atoms with van der Waals surface area (Å²) in [5.41, 5.74) is 0.422. The summed E-state index contributed by atoms with van der Waals surface area (Å²) in [6.07, 6.45) is 1.43. The van der Waals surface area contributed by atoms with Crippen molar-refractivity contribution in [3.8, 4) is 11.4 Å². The maximum Gasteiger partial charge on any atom is 0.410 e. The van der Waals surface area contributed by atoms with Gasteiger partial charge in [-0.25, -0.2) is 9.78 Å². The number of piperidine rings is 1. The minimum atomic E-state index is -0.468. The largest absolute Gasteiger partial charge is 0.444 e. The van der Waals surface area contributed by atoms with Gasteiger partial charge < -0.3 is 9.64 Å². The van der Waals surface area contributed by atoms with E-state index >= 15 is 0 Å². The van der Waals surface area contributed by atoms with E-state index in [1.54, 1.807) is 4.90 Å². The molecule has 0 saturated carbocycles. The fraction of sp³-hybridized carbons (Fsp3) is 0.500. The van der Waals surface area contributed by atoms with Gasteiger partial charge in [-0.3, -0.25) is 5.10 Å². The fourth-order valence-corrected chi connectivity index (χ4v) is 3.07. The summed E-state index contributed by atoms with van der Waals surface area (Å²) in [4.78, 5) is 18.5. The molecule has 0 aliphatic carbocycles. The van der Waals surface area contributed by atoms with Crippen molar-refractivity contribution in [1.29, 1.82) is 0 Å². The van der Waals surface area contributed by atoms with E-state index in [1.165, 1.54) is 0 Å². The summed E-state index contributed by atoms with van der Waals surface area (Å²) in [5.74, 6) is 1.77. The smallest absolute Gasteiger partial charge is 0.410 e. The van der Waals surface area contributed by atoms with Crippen LogP contribution in [0.15, 0.2) is 24.3 Å². The lowest BCUT2D eigenvalue weighted by atomic mass is 9.96. The normalized spacial score (nSPS) is 16.1. The number of likely N-dealkylation sites (tertiary alicyclic amines) is 1. The number of carbonyl (C=O) groups is 1. The SMILES string of the molecule is CC(C)(C)OC(=O)N1CCC(c2nc(-c3cccc(Cl)c3)n[nH]2)CC1. The highest BCUT2D eigenvalue weighted by atomic mass is 35.5. The molecule has 3 rings (SSSR count). The number of carbonyl (C=O) groups excluding carboxylic acids is 1. The molecule has 1 fully saturated rings. The Morgan fingerprint density at radius 1 is 1.32 bits per heavy atom. The molecule has 0 atom stereocenters. The Morgan fingerprint density at radius 3 is 2.68 bits per heavy atom. The maximum absolute atomic E-state index is 12.1. The van der Waals surface area contributed by atoms with Crippen molar-refractivity contribution < 1.29 is 9.53 Å². The van der Waals surface area contributed by atoms with E-state index < -0.39 is 5.60 Å². The van der Waals surface area contributed by atoms with Crippen LogP contribution in [-0.4, -0.2) is 44.9 Å². The van der Waals surface area contributed by atoms with Crippen molar-refractivity contribution in [2.75, 3.05) is 13.1 Å². The van der Waals surface area contributed by atoms with Gasteiger partial charge in [0, 0.05) is 29.6 Å². The third-order valence-electron chi connectivity index (χ3n) is 4.12. The first-order chi connectivity index (χ1) is 11.8. The first-order valence-electron chi connectivity index (χ1n) is 8.48. The van der Waals surface area contributed by atoms with Crippen molar-refractivity contribution in [1.82, 2.24) is 20.1 Å². The lowest BCUT2D eigenvalue weighted by molar-refractivity contribution is 0.0203. The second-order valence-electron chi connectivity index (χ2n) is 7.30. The van der Waals surface area contributed by atoms with E-state index in [9.17, 15) is 4.79 Å². The molecule has 0 radical (unpaired) electrons. The predicted molar refractivity (Wildman–Crippen MR) is 96.6 cm³/mol. The Balaban J connectivity index is 1.61. The zero-order valence-electron chi connectivity index (χ0n) is 14.8. The molecule has 1 aliphatic rings. The molecule has 0 unspecified atom stereocenters. The van der Waals surface area contributed by atoms with Crippen LogP contribution in [0.25, 0.3) is 11.4 Å². The summed E-state index contributed by atoms with van der Waals surface area (Å²) in [6, 6.07) is 7.49. The molecule has 1 aromatic heterocycles. The summed E-state index contributed by atoms with van der Waals surface area (Å²) >= 11 is 6.03. The molecule has 1 aromatic carbocycles. The highest BCUT2D eigenvalue weighted by Gasteiger charge is 2.28. The predicted octanol–water partition coefficient (Wildman–Crippen LogP) is 4.24. The number of benzene rings is 1. The minimum absolute atomic E-state index is 0.247. The minimum Gasteiger partial charge on any atom is -0.444 e. The van der Waals surface area contributed by atoms with Crippen LogP contribution in [0, 0.1) is 0 Å². The molecule has 2 heterocycles. The van der Waals surface area contributed by atoms with Gasteiger partial charge >= 0.3 is 6.09 Å². The number of H-pyrrole nitrogens is 1. The van der Waals surface area contributed by atoms with Gasteiger partial charge in [-0.05, 0) is 45.7 Å². The first-order valence-corrected chi connectivity index (χ1v) is 8.86. The number of aromatic amines is 1. The summed E-state index contributed by atoms with van der Waals surface area (Å²) in [6.45, 7) is 6.95. The van der Waals surface area contributed by atoms with Gasteiger partial charge in [0.2, 0.25) is 0 Å². The molecular weight excluding hydrogens is 340 g/mol. The van der Waals surface area contributed by atoms with Crippen molar-refractivity contribution in [3.63, 3.8) is 0 Å². The molecule has 1 N–H and O–H groups in total. The summed E-state index contributed by atoms with van der Waals surface area (Å²) in [5, 5.41) is 8.00. The molecule has 1 amide bonds. The van der Waals surface area contributed by atoms with Crippen molar-refractivity contribution in [3.05, 3.63) is 35.1 Å². The number of hydrogen-bond acceptors (Lipinski definition) is 4. The third kappa shape index (κ3) is 4.51. The number of nitrogens with one attached hydrogen (secondary N) is 1. The highest BCUT2D eigenvalue weighted by molar-refractivity contribution is 6.30. The van der Waals surface area contributed by atoms with Crippen LogP contribution in [0.1, 0.15) is 45.4 Å². The lowest BCUT2D eigenvalue weighted by Gasteiger charge is -2.32. The van der Waals surface area contributed by atoms with Crippen LogP contribution >= 0.6 is 11.6 Å². The van der Waals surface area contributed by atoms with Crippen molar-refractivity contribution >= 4 is 17.7 Å². The Labute approximate surface area is 152 Å². The second kappa shape index (κ2) is 7.04. The van der Waals surface area contributed by atoms with Crippen molar-refractivity contribution in [2.45, 2.75) is 45.1 Å². The number of hydrogen-bond donors (Lipinski definition) is 1. The van der Waals surface area contributed by atoms with Gasteiger partial charge in [0.25, 0.3) is 0 Å². The number of amides is 1. The molecular formula is C18H23ClN4O2. The Morgan fingerprint density at radius 2 is 2.04 bits per heavy atom. The second-order valence-corrected chi connectivity index (χ2v) is 7.73. The van der Waals surface area contributed by atoms with Crippen LogP contribution in [0.5, 0.6) is 0 Å². The van der Waals surface area contributed by atoms with Gasteiger partial charge in [-0.1, -0.05) is 23.7 Å². The average Bonchev–Trinajstić information content (AvgIpc) is 3.03. The van der Waals surface area contributed by atoms with E-state index in [4.69, 9.17) is 16.3 Å². The van der Waals surface area contributed by atoms with Crippen LogP contribution in [-0.2, 0) is 4.74 Å². The number of ether oxygens (including phenoxy) is 1. The highest BCUT2D eigenvalue weighted by Crippen LogP contribution is 2.28. The molecule has 1 aliphatic heterocycles. The number of rotatable bonds is 2. The van der Waals surface area contributed by atoms with Crippen molar-refractivity contribution in [2.24, 2.45) is 0 Å². The number of aromatic nitrogens is 3. The first kappa shape index (κ1) is 17.7. The fourth-order valence-electron chi connectivity index (χ4n) is 2.88. The third-order valence-corrected chi connectivity index (χ3v) is 4.35. The Bertz CT molecular complexity index is 746. The van der Waals surface area contributed by atoms with E-state index in [1.807, 2.05) is 45.0 Å². The van der Waals surface area contributed by atoms with E-state index in [0.29, 0.717) is 23.9 Å². The number of nitrogens with zero attached hydrogens (tertiary/aromatic N) is 3. The van der Waals surface area contributed by atoms with Crippen LogP contribution in [0.2, 0.25) is 5.02 Å². The Kier molecular flexibility index (Phi) is 4.99. The van der Waals surface area contributed by atoms with Gasteiger partial charge in [-0.2, -0.15) is 5.10 Å². The molecule has 6 nitrogen and oxygen atoms in total. The van der Waals surface area contributed by atoms with Gasteiger partial charge in [0.15, 0.2) is 5.82 Å². The van der Waals surface area contributed by atoms with Gasteiger partial charge in [0.1, 0.15) is 11.4 Å². The molecule has 25 heavy (non-hydrogen) atoms. The van der Waals surface area contributed by atoms with E-state index in [-0.39, 0.29) is 12.0 Å². The molecule has 0 bridgehead atoms. The van der Waals surface area contributed by atoms with Crippen LogP contribution in [0.4, 0.5) is 4.79 Å². The quantitative estimate of drug-likeness (QED) is 0.867. The van der Waals surface area contributed by atoms with E-state index in [2.05, 4.69) is 15.2 Å². The zero-order chi connectivity index (χ0) is 18.0. The molecule has 7 heteroatoms. The molecule has 0 spiro atoms. The maximum atomic E-state index is 12.1. The molecule has 2 aromatic rings. The average molecular weight is 363 g/mol. The summed E-state index contributed by atoms with van der Waals surface area (Å²) in [7, 11) is 0. The van der Waals surface area contributed by atoms with Crippen LogP contribution < -0.4 is 0 Å². The van der Waals surface area contributed by atoms with Gasteiger partial charge in [-0.15, -0.1) is 0 Å². The Hall–Kier alpha value is -2.08. The van der Waals surface area contributed by atoms with E-state index in [0.717, 1.165) is 24.2 Å². The summed E-state index contributed by atoms with van der Waals surface area (Å²) < 4.78 is 5.43. The zero-order valence-corrected chi connectivity index (χ0v) is 15.5. The molecule has 1 saturated heterocycles. The topological polar surface area (TPSA) is 71.1 Å². The number of halogens is 1. The molecule has 134 valence electrons. The van der Waals surface area contributed by atoms with Gasteiger partial charge in [0.05, 0.1) is 0 Å². The standard InChI is InChI=1S/C18H23ClN4O2/c1-18(2,3)25-17(24)23-9-7-12(8-10-23)15-20-16(22-21-15)13-5-4-6-14(19)11-13/h4-6,11-12H,7-10H2,1-3H3,(H,20,21,22). The monoisotopic (exact) mass is 362 g/mol. The lowest BCUT2D eigenvalue weighted by Crippen LogP contribution is -2.41. The van der Waals surface area contributed by atoms with Crippen LogP contribution in [0.3, 0.4) is 0 Å².